The molecule has 0 aromatic heterocycles. The summed E-state index contributed by atoms with van der Waals surface area (Å²) in [6.07, 6.45) is 2.86. The predicted octanol–water partition coefficient (Wildman–Crippen LogP) is 3.53. The van der Waals surface area contributed by atoms with Crippen molar-refractivity contribution in [1.29, 1.82) is 0 Å². The monoisotopic (exact) mass is 567 g/mol. The van der Waals surface area contributed by atoms with Crippen LogP contribution in [0.3, 0.4) is 0 Å². The highest BCUT2D eigenvalue weighted by molar-refractivity contribution is 14.0. The van der Waals surface area contributed by atoms with Crippen LogP contribution in [0.4, 0.5) is 4.39 Å². The van der Waals surface area contributed by atoms with Crippen LogP contribution in [0.5, 0.6) is 0 Å². The van der Waals surface area contributed by atoms with E-state index in [9.17, 15) is 9.18 Å². The number of likely N-dealkylation sites (tertiary alicyclic amines) is 1. The molecule has 1 saturated heterocycles. The Bertz CT molecular complexity index is 739. The second kappa shape index (κ2) is 13.4. The summed E-state index contributed by atoms with van der Waals surface area (Å²) < 4.78 is 13.4. The molecule has 1 aliphatic rings. The molecule has 0 bridgehead atoms. The number of nitrogens with zero attached hydrogens (tertiary/aromatic N) is 2. The van der Waals surface area contributed by atoms with Crippen molar-refractivity contribution in [2.75, 3.05) is 39.8 Å². The molecule has 0 radical (unpaired) electrons. The Morgan fingerprint density at radius 2 is 1.97 bits per heavy atom. The van der Waals surface area contributed by atoms with E-state index in [0.29, 0.717) is 24.2 Å². The number of amides is 1. The van der Waals surface area contributed by atoms with Gasteiger partial charge in [-0.25, -0.2) is 4.39 Å². The SMILES string of the molecule is CCCNC(=O)CN1CCC(NC(=NC)NCC(C)(C)c2ccc(F)cc2Cl)CC1.I. The Morgan fingerprint density at radius 1 is 1.29 bits per heavy atom. The van der Waals surface area contributed by atoms with Gasteiger partial charge in [-0.05, 0) is 37.0 Å². The van der Waals surface area contributed by atoms with Gasteiger partial charge in [-0.3, -0.25) is 14.7 Å². The zero-order valence-electron chi connectivity index (χ0n) is 18.9. The molecule has 0 atom stereocenters. The van der Waals surface area contributed by atoms with Crippen LogP contribution in [0.15, 0.2) is 23.2 Å². The first-order chi connectivity index (χ1) is 14.2. The quantitative estimate of drug-likeness (QED) is 0.255. The van der Waals surface area contributed by atoms with Crippen LogP contribution in [0.25, 0.3) is 0 Å². The van der Waals surface area contributed by atoms with Crippen molar-refractivity contribution in [3.63, 3.8) is 0 Å². The second-order valence-electron chi connectivity index (χ2n) is 8.48. The highest BCUT2D eigenvalue weighted by Crippen LogP contribution is 2.29. The van der Waals surface area contributed by atoms with Gasteiger partial charge in [0.25, 0.3) is 0 Å². The van der Waals surface area contributed by atoms with Crippen LogP contribution in [-0.4, -0.2) is 62.6 Å². The Labute approximate surface area is 207 Å². The van der Waals surface area contributed by atoms with Gasteiger partial charge >= 0.3 is 0 Å². The second-order valence-corrected chi connectivity index (χ2v) is 8.89. The first kappa shape index (κ1) is 27.9. The number of guanidine groups is 1. The predicted molar refractivity (Wildman–Crippen MR) is 137 cm³/mol. The Kier molecular flexibility index (Phi) is 12.1. The van der Waals surface area contributed by atoms with E-state index in [0.717, 1.165) is 50.4 Å². The van der Waals surface area contributed by atoms with Crippen molar-refractivity contribution in [2.24, 2.45) is 4.99 Å². The van der Waals surface area contributed by atoms with Gasteiger partial charge in [0.05, 0.1) is 6.54 Å². The molecule has 0 saturated carbocycles. The molecule has 0 spiro atoms. The first-order valence-electron chi connectivity index (χ1n) is 10.7. The molecule has 0 unspecified atom stereocenters. The fourth-order valence-corrected chi connectivity index (χ4v) is 4.01. The summed E-state index contributed by atoms with van der Waals surface area (Å²) in [6, 6.07) is 4.83. The molecule has 0 aliphatic carbocycles. The van der Waals surface area contributed by atoms with Gasteiger partial charge in [0, 0.05) is 49.7 Å². The summed E-state index contributed by atoms with van der Waals surface area (Å²) in [5.41, 5.74) is 0.598. The van der Waals surface area contributed by atoms with Crippen molar-refractivity contribution in [2.45, 2.75) is 51.5 Å². The van der Waals surface area contributed by atoms with E-state index in [1.807, 2.05) is 6.92 Å². The van der Waals surface area contributed by atoms with Crippen LogP contribution < -0.4 is 16.0 Å². The smallest absolute Gasteiger partial charge is 0.234 e. The minimum Gasteiger partial charge on any atom is -0.356 e. The van der Waals surface area contributed by atoms with Gasteiger partial charge in [0.2, 0.25) is 5.91 Å². The summed E-state index contributed by atoms with van der Waals surface area (Å²) in [7, 11) is 1.75. The average molecular weight is 568 g/mol. The fraction of sp³-hybridized carbons (Fsp3) is 0.636. The van der Waals surface area contributed by atoms with E-state index in [1.165, 1.54) is 12.1 Å². The number of hydrogen-bond acceptors (Lipinski definition) is 3. The van der Waals surface area contributed by atoms with E-state index in [-0.39, 0.29) is 41.1 Å². The topological polar surface area (TPSA) is 68.8 Å². The maximum Gasteiger partial charge on any atom is 0.234 e. The standard InChI is InChI=1S/C22H35ClFN5O.HI/c1-5-10-26-20(30)14-29-11-8-17(9-12-29)28-21(25-4)27-15-22(2,3)18-7-6-16(24)13-19(18)23;/h6-7,13,17H,5,8-12,14-15H2,1-4H3,(H,26,30)(H2,25,27,28);1H. The van der Waals surface area contributed by atoms with Crippen molar-refractivity contribution in [1.82, 2.24) is 20.9 Å². The van der Waals surface area contributed by atoms with Crippen LogP contribution >= 0.6 is 35.6 Å². The van der Waals surface area contributed by atoms with Gasteiger partial charge in [0.15, 0.2) is 5.96 Å². The molecule has 1 aromatic carbocycles. The average Bonchev–Trinajstić information content (AvgIpc) is 2.70. The first-order valence-corrected chi connectivity index (χ1v) is 11.0. The maximum atomic E-state index is 13.4. The number of nitrogens with one attached hydrogen (secondary N) is 3. The Balaban J connectivity index is 0.00000480. The van der Waals surface area contributed by atoms with E-state index in [2.05, 4.69) is 39.7 Å². The molecule has 3 N–H and O–H groups in total. The molecule has 1 aliphatic heterocycles. The third-order valence-corrected chi connectivity index (χ3v) is 5.76. The normalized spacial score (nSPS) is 15.9. The van der Waals surface area contributed by atoms with Gasteiger partial charge in [0.1, 0.15) is 5.82 Å². The molecular weight excluding hydrogens is 532 g/mol. The molecule has 176 valence electrons. The van der Waals surface area contributed by atoms with Gasteiger partial charge in [-0.1, -0.05) is 38.4 Å². The maximum absolute atomic E-state index is 13.4. The van der Waals surface area contributed by atoms with Gasteiger partial charge in [-0.15, -0.1) is 24.0 Å². The number of rotatable bonds is 8. The van der Waals surface area contributed by atoms with Crippen LogP contribution in [0.2, 0.25) is 5.02 Å². The molecule has 31 heavy (non-hydrogen) atoms. The summed E-state index contributed by atoms with van der Waals surface area (Å²) in [6.45, 7) is 9.74. The fourth-order valence-electron chi connectivity index (χ4n) is 3.59. The number of aliphatic imine (C=N–C) groups is 1. The van der Waals surface area contributed by atoms with Crippen LogP contribution in [0, 0.1) is 5.82 Å². The van der Waals surface area contributed by atoms with Crippen molar-refractivity contribution < 1.29 is 9.18 Å². The summed E-state index contributed by atoms with van der Waals surface area (Å²) in [5.74, 6) is 0.502. The molecule has 6 nitrogen and oxygen atoms in total. The number of hydrogen-bond donors (Lipinski definition) is 3. The molecular formula is C22H36ClFIN5O. The third kappa shape index (κ3) is 9.10. The lowest BCUT2D eigenvalue weighted by Gasteiger charge is -2.33. The van der Waals surface area contributed by atoms with Gasteiger partial charge < -0.3 is 16.0 Å². The summed E-state index contributed by atoms with van der Waals surface area (Å²) in [4.78, 5) is 18.4. The highest BCUT2D eigenvalue weighted by atomic mass is 127. The van der Waals surface area contributed by atoms with E-state index < -0.39 is 0 Å². The van der Waals surface area contributed by atoms with Crippen molar-refractivity contribution >= 4 is 47.4 Å². The number of benzene rings is 1. The van der Waals surface area contributed by atoms with Crippen LogP contribution in [-0.2, 0) is 10.2 Å². The van der Waals surface area contributed by atoms with E-state index in [4.69, 9.17) is 11.6 Å². The molecule has 9 heteroatoms. The molecule has 1 aromatic rings. The molecule has 2 rings (SSSR count). The number of carbonyl (C=O) groups excluding carboxylic acids is 1. The Morgan fingerprint density at radius 3 is 2.55 bits per heavy atom. The minimum absolute atomic E-state index is 0. The lowest BCUT2D eigenvalue weighted by Crippen LogP contribution is -2.51. The Hall–Kier alpha value is -1.13. The lowest BCUT2D eigenvalue weighted by atomic mass is 9.84. The molecule has 1 amide bonds. The zero-order valence-corrected chi connectivity index (χ0v) is 22.0. The number of piperidine rings is 1. The van der Waals surface area contributed by atoms with E-state index >= 15 is 0 Å². The van der Waals surface area contributed by atoms with Crippen molar-refractivity contribution in [3.8, 4) is 0 Å². The van der Waals surface area contributed by atoms with Gasteiger partial charge in [-0.2, -0.15) is 0 Å². The zero-order chi connectivity index (χ0) is 22.1. The number of carbonyl (C=O) groups is 1. The lowest BCUT2D eigenvalue weighted by molar-refractivity contribution is -0.122. The van der Waals surface area contributed by atoms with E-state index in [1.54, 1.807) is 13.1 Å². The molecule has 1 heterocycles. The minimum atomic E-state index is -0.334. The summed E-state index contributed by atoms with van der Waals surface area (Å²) in [5, 5.41) is 10.2. The van der Waals surface area contributed by atoms with Crippen molar-refractivity contribution in [3.05, 3.63) is 34.6 Å². The summed E-state index contributed by atoms with van der Waals surface area (Å²) >= 11 is 6.25. The third-order valence-electron chi connectivity index (χ3n) is 5.45. The number of halogens is 3. The largest absolute Gasteiger partial charge is 0.356 e. The highest BCUT2D eigenvalue weighted by Gasteiger charge is 2.25. The van der Waals surface area contributed by atoms with Crippen LogP contribution in [0.1, 0.15) is 45.6 Å². The molecule has 1 fully saturated rings.